The molecule has 0 aliphatic carbocycles. The number of rotatable bonds is 5. The second-order valence-corrected chi connectivity index (χ2v) is 7.18. The number of nitrogens with zero attached hydrogens (tertiary/aromatic N) is 1. The van der Waals surface area contributed by atoms with E-state index < -0.39 is 0 Å². The quantitative estimate of drug-likeness (QED) is 0.751. The molecule has 1 saturated heterocycles. The highest BCUT2D eigenvalue weighted by Gasteiger charge is 2.30. The van der Waals surface area contributed by atoms with Crippen LogP contribution in [0.15, 0.2) is 36.5 Å². The van der Waals surface area contributed by atoms with Gasteiger partial charge in [-0.2, -0.15) is 0 Å². The number of halogens is 1. The first-order chi connectivity index (χ1) is 11.6. The number of fused-ring (bicyclic) bond motifs is 1. The van der Waals surface area contributed by atoms with Crippen molar-refractivity contribution in [2.45, 2.75) is 46.1 Å². The van der Waals surface area contributed by atoms with E-state index in [1.54, 1.807) is 12.1 Å². The molecular formula is C21H29FN2. The number of piperidine rings is 1. The van der Waals surface area contributed by atoms with Crippen LogP contribution in [0.4, 0.5) is 4.39 Å². The Morgan fingerprint density at radius 1 is 1.38 bits per heavy atom. The minimum absolute atomic E-state index is 0.180. The largest absolute Gasteiger partial charge is 0.361 e. The highest BCUT2D eigenvalue weighted by molar-refractivity contribution is 5.83. The molecule has 2 nitrogen and oxygen atoms in total. The summed E-state index contributed by atoms with van der Waals surface area (Å²) in [7, 11) is 0. The van der Waals surface area contributed by atoms with Gasteiger partial charge in [0, 0.05) is 36.2 Å². The molecule has 24 heavy (non-hydrogen) atoms. The number of aromatic nitrogens is 1. The predicted molar refractivity (Wildman–Crippen MR) is 99.7 cm³/mol. The van der Waals surface area contributed by atoms with Crippen molar-refractivity contribution in [3.05, 3.63) is 47.9 Å². The van der Waals surface area contributed by atoms with Crippen LogP contribution in [0.3, 0.4) is 0 Å². The average molecular weight is 328 g/mol. The Morgan fingerprint density at radius 2 is 2.21 bits per heavy atom. The van der Waals surface area contributed by atoms with Gasteiger partial charge in [-0.1, -0.05) is 25.5 Å². The molecule has 0 spiro atoms. The van der Waals surface area contributed by atoms with Crippen molar-refractivity contribution in [2.24, 2.45) is 11.8 Å². The van der Waals surface area contributed by atoms with Crippen molar-refractivity contribution in [1.29, 1.82) is 0 Å². The van der Waals surface area contributed by atoms with Crippen molar-refractivity contribution in [1.82, 2.24) is 9.88 Å². The molecule has 0 radical (unpaired) electrons. The number of hydrogen-bond acceptors (Lipinski definition) is 1. The van der Waals surface area contributed by atoms with Crippen LogP contribution in [0.1, 0.15) is 39.2 Å². The summed E-state index contributed by atoms with van der Waals surface area (Å²) >= 11 is 0. The van der Waals surface area contributed by atoms with E-state index in [2.05, 4.69) is 42.8 Å². The van der Waals surface area contributed by atoms with Gasteiger partial charge in [0.1, 0.15) is 5.82 Å². The van der Waals surface area contributed by atoms with Gasteiger partial charge in [0.15, 0.2) is 0 Å². The lowest BCUT2D eigenvalue weighted by atomic mass is 9.82. The van der Waals surface area contributed by atoms with E-state index in [4.69, 9.17) is 0 Å². The lowest BCUT2D eigenvalue weighted by Crippen LogP contribution is -2.47. The summed E-state index contributed by atoms with van der Waals surface area (Å²) in [5, 5.41) is 1.15. The van der Waals surface area contributed by atoms with Crippen LogP contribution in [0.5, 0.6) is 0 Å². The second-order valence-electron chi connectivity index (χ2n) is 7.18. The Hall–Kier alpha value is -1.61. The third kappa shape index (κ3) is 3.56. The molecule has 3 atom stereocenters. The molecule has 2 heterocycles. The van der Waals surface area contributed by atoms with E-state index >= 15 is 0 Å². The maximum absolute atomic E-state index is 13.3. The lowest BCUT2D eigenvalue weighted by molar-refractivity contribution is 0.0796. The Bertz CT molecular complexity index is 703. The van der Waals surface area contributed by atoms with E-state index in [0.29, 0.717) is 12.0 Å². The molecule has 0 amide bonds. The van der Waals surface area contributed by atoms with Crippen LogP contribution in [0.25, 0.3) is 10.9 Å². The molecule has 3 unspecified atom stereocenters. The number of benzene rings is 1. The van der Waals surface area contributed by atoms with Gasteiger partial charge in [-0.3, -0.25) is 4.90 Å². The van der Waals surface area contributed by atoms with Gasteiger partial charge >= 0.3 is 0 Å². The van der Waals surface area contributed by atoms with Crippen LogP contribution >= 0.6 is 0 Å². The lowest BCUT2D eigenvalue weighted by Gasteiger charge is -2.42. The van der Waals surface area contributed by atoms with Gasteiger partial charge < -0.3 is 4.98 Å². The number of H-pyrrole nitrogens is 1. The third-order valence-electron chi connectivity index (χ3n) is 5.72. The van der Waals surface area contributed by atoms with Gasteiger partial charge in [-0.05, 0) is 62.3 Å². The van der Waals surface area contributed by atoms with Crippen molar-refractivity contribution < 1.29 is 4.39 Å². The highest BCUT2D eigenvalue weighted by atomic mass is 19.1. The highest BCUT2D eigenvalue weighted by Crippen LogP contribution is 2.31. The Kier molecular flexibility index (Phi) is 5.40. The summed E-state index contributed by atoms with van der Waals surface area (Å²) in [5.41, 5.74) is 2.19. The van der Waals surface area contributed by atoms with Crippen molar-refractivity contribution >= 4 is 10.9 Å². The maximum atomic E-state index is 13.3. The average Bonchev–Trinajstić information content (AvgIpc) is 2.97. The van der Waals surface area contributed by atoms with Crippen LogP contribution < -0.4 is 0 Å². The van der Waals surface area contributed by atoms with Crippen molar-refractivity contribution in [2.75, 3.05) is 13.1 Å². The minimum atomic E-state index is -0.180. The van der Waals surface area contributed by atoms with E-state index in [-0.39, 0.29) is 5.82 Å². The van der Waals surface area contributed by atoms with Crippen LogP contribution in [0, 0.1) is 17.7 Å². The monoisotopic (exact) mass is 328 g/mol. The fraction of sp³-hybridized carbons (Fsp3) is 0.524. The molecule has 2 aromatic rings. The first kappa shape index (κ1) is 17.2. The van der Waals surface area contributed by atoms with Gasteiger partial charge in [0.25, 0.3) is 0 Å². The summed E-state index contributed by atoms with van der Waals surface area (Å²) in [6.07, 6.45) is 10.2. The van der Waals surface area contributed by atoms with E-state index in [0.717, 1.165) is 36.3 Å². The summed E-state index contributed by atoms with van der Waals surface area (Å²) in [6, 6.07) is 5.67. The zero-order chi connectivity index (χ0) is 17.1. The Balaban J connectivity index is 1.71. The fourth-order valence-corrected chi connectivity index (χ4v) is 4.27. The molecule has 1 aliphatic rings. The zero-order valence-corrected chi connectivity index (χ0v) is 15.1. The summed E-state index contributed by atoms with van der Waals surface area (Å²) in [6.45, 7) is 9.03. The topological polar surface area (TPSA) is 19.0 Å². The smallest absolute Gasteiger partial charge is 0.125 e. The minimum Gasteiger partial charge on any atom is -0.361 e. The van der Waals surface area contributed by atoms with Crippen molar-refractivity contribution in [3.8, 4) is 0 Å². The van der Waals surface area contributed by atoms with Crippen molar-refractivity contribution in [3.63, 3.8) is 0 Å². The standard InChI is InChI=1S/C21H29FN2/c1-4-6-16-11-17(5-2)15(3)24(14-16)10-9-18-13-23-21-12-19(22)7-8-20(18)21/h4,6-8,12-13,15-17,23H,5,9-11,14H2,1-3H3/b6-4-. The Labute approximate surface area is 144 Å². The summed E-state index contributed by atoms with van der Waals surface area (Å²) < 4.78 is 13.3. The van der Waals surface area contributed by atoms with Crippen LogP contribution in [-0.2, 0) is 6.42 Å². The molecule has 1 aromatic heterocycles. The second kappa shape index (κ2) is 7.52. The molecule has 0 saturated carbocycles. The zero-order valence-electron chi connectivity index (χ0n) is 15.1. The van der Waals surface area contributed by atoms with E-state index in [9.17, 15) is 4.39 Å². The van der Waals surface area contributed by atoms with Gasteiger partial charge in [0.2, 0.25) is 0 Å². The Morgan fingerprint density at radius 3 is 2.96 bits per heavy atom. The van der Waals surface area contributed by atoms with Gasteiger partial charge in [-0.25, -0.2) is 4.39 Å². The molecule has 3 heteroatoms. The number of likely N-dealkylation sites (tertiary alicyclic amines) is 1. The molecule has 1 N–H and O–H groups in total. The van der Waals surface area contributed by atoms with Crippen LogP contribution in [0.2, 0.25) is 0 Å². The number of aromatic amines is 1. The maximum Gasteiger partial charge on any atom is 0.125 e. The molecule has 3 rings (SSSR count). The normalized spacial score (nSPS) is 25.8. The molecule has 1 aromatic carbocycles. The summed E-state index contributed by atoms with van der Waals surface area (Å²) in [4.78, 5) is 5.85. The molecular weight excluding hydrogens is 299 g/mol. The SMILES string of the molecule is C/C=C\C1CC(CC)C(C)N(CCc2c[nH]c3cc(F)ccc23)C1. The molecule has 1 fully saturated rings. The number of nitrogens with one attached hydrogen (secondary N) is 1. The molecule has 130 valence electrons. The fourth-order valence-electron chi connectivity index (χ4n) is 4.27. The van der Waals surface area contributed by atoms with E-state index in [1.165, 1.54) is 18.4 Å². The summed E-state index contributed by atoms with van der Waals surface area (Å²) in [5.74, 6) is 1.27. The number of allylic oxidation sites excluding steroid dienone is 1. The third-order valence-corrected chi connectivity index (χ3v) is 5.72. The van der Waals surface area contributed by atoms with Gasteiger partial charge in [0.05, 0.1) is 0 Å². The van der Waals surface area contributed by atoms with Crippen LogP contribution in [-0.4, -0.2) is 29.0 Å². The first-order valence-corrected chi connectivity index (χ1v) is 9.24. The predicted octanol–water partition coefficient (Wildman–Crippen LogP) is 5.16. The van der Waals surface area contributed by atoms with E-state index in [1.807, 2.05) is 12.3 Å². The number of hydrogen-bond donors (Lipinski definition) is 1. The molecule has 1 aliphatic heterocycles. The van der Waals surface area contributed by atoms with Gasteiger partial charge in [-0.15, -0.1) is 0 Å². The first-order valence-electron chi connectivity index (χ1n) is 9.24. The molecule has 0 bridgehead atoms.